The maximum atomic E-state index is 12.4. The van der Waals surface area contributed by atoms with E-state index in [1.165, 1.54) is 25.5 Å². The average molecular weight is 365 g/mol. The van der Waals surface area contributed by atoms with E-state index >= 15 is 0 Å². The Morgan fingerprint density at radius 1 is 1.00 bits per heavy atom. The molecule has 0 spiro atoms. The van der Waals surface area contributed by atoms with Crippen LogP contribution < -0.4 is 10.2 Å². The van der Waals surface area contributed by atoms with Crippen LogP contribution in [-0.4, -0.2) is 42.9 Å². The van der Waals surface area contributed by atoms with Crippen LogP contribution in [0.3, 0.4) is 0 Å². The first kappa shape index (κ1) is 19.0. The largest absolute Gasteiger partial charge is 0.372 e. The Hall–Kier alpha value is -2.82. The molecule has 2 aromatic carbocycles. The number of benzene rings is 2. The van der Waals surface area contributed by atoms with E-state index in [0.29, 0.717) is 6.54 Å². The first-order valence-corrected chi connectivity index (χ1v) is 9.56. The third kappa shape index (κ3) is 5.58. The Labute approximate surface area is 161 Å². The molecule has 0 aromatic heterocycles. The van der Waals surface area contributed by atoms with Crippen LogP contribution in [0.2, 0.25) is 0 Å². The van der Waals surface area contributed by atoms with E-state index < -0.39 is 0 Å². The molecule has 5 heteroatoms. The van der Waals surface area contributed by atoms with E-state index in [0.717, 1.165) is 30.8 Å². The van der Waals surface area contributed by atoms with Crippen LogP contribution in [-0.2, 0) is 16.0 Å². The maximum absolute atomic E-state index is 12.4. The van der Waals surface area contributed by atoms with Gasteiger partial charge in [-0.05, 0) is 49.1 Å². The van der Waals surface area contributed by atoms with Gasteiger partial charge in [0.1, 0.15) is 0 Å². The third-order valence-electron chi connectivity index (χ3n) is 4.92. The van der Waals surface area contributed by atoms with Gasteiger partial charge in [0.2, 0.25) is 11.8 Å². The van der Waals surface area contributed by atoms with Crippen molar-refractivity contribution in [2.24, 2.45) is 0 Å². The van der Waals surface area contributed by atoms with E-state index in [1.807, 2.05) is 54.6 Å². The van der Waals surface area contributed by atoms with Crippen molar-refractivity contribution in [1.82, 2.24) is 4.90 Å². The lowest BCUT2D eigenvalue weighted by molar-refractivity contribution is -0.132. The lowest BCUT2D eigenvalue weighted by atomic mass is 10.1. The van der Waals surface area contributed by atoms with Gasteiger partial charge in [0, 0.05) is 37.9 Å². The zero-order valence-corrected chi connectivity index (χ0v) is 15.9. The SMILES string of the molecule is CC(=O)N(CCc1ccccc1)CC(=O)Nc1ccc(N2CCCC2)cc1. The molecule has 0 saturated carbocycles. The van der Waals surface area contributed by atoms with Gasteiger partial charge in [-0.1, -0.05) is 30.3 Å². The average Bonchev–Trinajstić information content (AvgIpc) is 3.21. The summed E-state index contributed by atoms with van der Waals surface area (Å²) < 4.78 is 0. The van der Waals surface area contributed by atoms with Crippen molar-refractivity contribution in [2.75, 3.05) is 36.4 Å². The molecule has 2 amide bonds. The van der Waals surface area contributed by atoms with Gasteiger partial charge in [-0.25, -0.2) is 0 Å². The molecular weight excluding hydrogens is 338 g/mol. The Morgan fingerprint density at radius 3 is 2.30 bits per heavy atom. The van der Waals surface area contributed by atoms with Gasteiger partial charge in [-0.15, -0.1) is 0 Å². The second-order valence-electron chi connectivity index (χ2n) is 6.97. The quantitative estimate of drug-likeness (QED) is 0.819. The lowest BCUT2D eigenvalue weighted by Gasteiger charge is -2.21. The molecule has 1 N–H and O–H groups in total. The highest BCUT2D eigenvalue weighted by atomic mass is 16.2. The van der Waals surface area contributed by atoms with Gasteiger partial charge < -0.3 is 15.1 Å². The van der Waals surface area contributed by atoms with Crippen molar-refractivity contribution in [2.45, 2.75) is 26.2 Å². The van der Waals surface area contributed by atoms with Crippen molar-refractivity contribution < 1.29 is 9.59 Å². The molecule has 1 aliphatic rings. The summed E-state index contributed by atoms with van der Waals surface area (Å²) in [5.74, 6) is -0.266. The van der Waals surface area contributed by atoms with Gasteiger partial charge >= 0.3 is 0 Å². The summed E-state index contributed by atoms with van der Waals surface area (Å²) in [6.45, 7) is 4.29. The minimum atomic E-state index is -0.174. The predicted octanol–water partition coefficient (Wildman–Crippen LogP) is 3.32. The molecule has 2 aromatic rings. The molecule has 5 nitrogen and oxygen atoms in total. The summed E-state index contributed by atoms with van der Waals surface area (Å²) >= 11 is 0. The molecule has 1 heterocycles. The Bertz CT molecular complexity index is 753. The molecule has 0 bridgehead atoms. The fourth-order valence-corrected chi connectivity index (χ4v) is 3.36. The first-order valence-electron chi connectivity index (χ1n) is 9.56. The number of amides is 2. The van der Waals surface area contributed by atoms with Crippen molar-refractivity contribution in [3.05, 3.63) is 60.2 Å². The highest BCUT2D eigenvalue weighted by Gasteiger charge is 2.15. The number of anilines is 2. The second kappa shape index (κ2) is 9.21. The van der Waals surface area contributed by atoms with Gasteiger partial charge in [-0.2, -0.15) is 0 Å². The Kier molecular flexibility index (Phi) is 6.47. The van der Waals surface area contributed by atoms with E-state index in [4.69, 9.17) is 0 Å². The molecule has 3 rings (SSSR count). The summed E-state index contributed by atoms with van der Waals surface area (Å²) in [5.41, 5.74) is 3.11. The molecule has 0 aliphatic carbocycles. The highest BCUT2D eigenvalue weighted by Crippen LogP contribution is 2.22. The first-order chi connectivity index (χ1) is 13.1. The fourth-order valence-electron chi connectivity index (χ4n) is 3.36. The number of nitrogens with one attached hydrogen (secondary N) is 1. The van der Waals surface area contributed by atoms with Crippen LogP contribution in [0, 0.1) is 0 Å². The standard InChI is InChI=1S/C22H27N3O2/c1-18(26)25(16-13-19-7-3-2-4-8-19)17-22(27)23-20-9-11-21(12-10-20)24-14-5-6-15-24/h2-4,7-12H,5-6,13-17H2,1H3,(H,23,27). The van der Waals surface area contributed by atoms with E-state index in [9.17, 15) is 9.59 Å². The molecule has 142 valence electrons. The topological polar surface area (TPSA) is 52.7 Å². The zero-order valence-electron chi connectivity index (χ0n) is 15.9. The number of hydrogen-bond acceptors (Lipinski definition) is 3. The number of hydrogen-bond donors (Lipinski definition) is 1. The minimum Gasteiger partial charge on any atom is -0.372 e. The maximum Gasteiger partial charge on any atom is 0.243 e. The third-order valence-corrected chi connectivity index (χ3v) is 4.92. The van der Waals surface area contributed by atoms with Crippen molar-refractivity contribution in [3.63, 3.8) is 0 Å². The Balaban J connectivity index is 1.52. The monoisotopic (exact) mass is 365 g/mol. The minimum absolute atomic E-state index is 0.0655. The molecule has 27 heavy (non-hydrogen) atoms. The summed E-state index contributed by atoms with van der Waals surface area (Å²) in [6.07, 6.45) is 3.21. The molecule has 1 saturated heterocycles. The van der Waals surface area contributed by atoms with Gasteiger partial charge in [0.15, 0.2) is 0 Å². The van der Waals surface area contributed by atoms with Crippen LogP contribution in [0.25, 0.3) is 0 Å². The Morgan fingerprint density at radius 2 is 1.67 bits per heavy atom. The zero-order chi connectivity index (χ0) is 19.1. The van der Waals surface area contributed by atoms with Crippen LogP contribution >= 0.6 is 0 Å². The molecule has 1 fully saturated rings. The van der Waals surface area contributed by atoms with Gasteiger partial charge in [0.05, 0.1) is 6.54 Å². The lowest BCUT2D eigenvalue weighted by Crippen LogP contribution is -2.38. The normalized spacial score (nSPS) is 13.4. The molecule has 0 atom stereocenters. The van der Waals surface area contributed by atoms with E-state index in [1.54, 1.807) is 4.90 Å². The van der Waals surface area contributed by atoms with Crippen molar-refractivity contribution in [1.29, 1.82) is 0 Å². The summed E-state index contributed by atoms with van der Waals surface area (Å²) in [4.78, 5) is 28.2. The molecule has 0 radical (unpaired) electrons. The van der Waals surface area contributed by atoms with Crippen molar-refractivity contribution in [3.8, 4) is 0 Å². The van der Waals surface area contributed by atoms with E-state index in [-0.39, 0.29) is 18.4 Å². The highest BCUT2D eigenvalue weighted by molar-refractivity contribution is 5.94. The predicted molar refractivity (Wildman–Crippen MR) is 109 cm³/mol. The fraction of sp³-hybridized carbons (Fsp3) is 0.364. The van der Waals surface area contributed by atoms with Crippen LogP contribution in [0.4, 0.5) is 11.4 Å². The summed E-state index contributed by atoms with van der Waals surface area (Å²) in [6, 6.07) is 17.9. The van der Waals surface area contributed by atoms with E-state index in [2.05, 4.69) is 10.2 Å². The molecule has 0 unspecified atom stereocenters. The summed E-state index contributed by atoms with van der Waals surface area (Å²) in [5, 5.41) is 2.89. The number of carbonyl (C=O) groups is 2. The number of nitrogens with zero attached hydrogens (tertiary/aromatic N) is 2. The van der Waals surface area contributed by atoms with Gasteiger partial charge in [-0.3, -0.25) is 9.59 Å². The number of rotatable bonds is 7. The number of carbonyl (C=O) groups excluding carboxylic acids is 2. The van der Waals surface area contributed by atoms with Crippen LogP contribution in [0.5, 0.6) is 0 Å². The molecular formula is C22H27N3O2. The smallest absolute Gasteiger partial charge is 0.243 e. The molecule has 1 aliphatic heterocycles. The second-order valence-corrected chi connectivity index (χ2v) is 6.97. The summed E-state index contributed by atoms with van der Waals surface area (Å²) in [7, 11) is 0. The van der Waals surface area contributed by atoms with Gasteiger partial charge in [0.25, 0.3) is 0 Å². The van der Waals surface area contributed by atoms with Crippen molar-refractivity contribution >= 4 is 23.2 Å². The van der Waals surface area contributed by atoms with Crippen LogP contribution in [0.15, 0.2) is 54.6 Å². The van der Waals surface area contributed by atoms with Crippen LogP contribution in [0.1, 0.15) is 25.3 Å².